The molecule has 0 N–H and O–H groups in total. The minimum Gasteiger partial charge on any atom is -0.493 e. The van der Waals surface area contributed by atoms with E-state index in [2.05, 4.69) is 0 Å². The van der Waals surface area contributed by atoms with Gasteiger partial charge in [-0.25, -0.2) is 0 Å². The molecular weight excluding hydrogens is 319 g/mol. The Morgan fingerprint density at radius 2 is 1.61 bits per heavy atom. The number of hydrogen-bond donors (Lipinski definition) is 0. The number of rotatable bonds is 7. The number of halogens is 5. The first-order valence-corrected chi connectivity index (χ1v) is 7.15. The Balaban J connectivity index is 3.18. The van der Waals surface area contributed by atoms with Gasteiger partial charge in [0.2, 0.25) is 0 Å². The standard InChI is InChI=1S/C16H21F5O2/c1-11(2)9-23-13-8-6-5-7-12(13)14(3,22-4)10-15(17,18)16(19,20)21/h5-8,11H,9-10H2,1-4H3. The largest absolute Gasteiger partial charge is 0.493 e. The third-order valence-electron chi connectivity index (χ3n) is 3.45. The molecule has 0 saturated heterocycles. The van der Waals surface area contributed by atoms with Crippen molar-refractivity contribution in [3.8, 4) is 5.75 Å². The molecule has 0 bridgehead atoms. The van der Waals surface area contributed by atoms with Crippen LogP contribution >= 0.6 is 0 Å². The molecule has 1 aromatic rings. The average molecular weight is 340 g/mol. The molecule has 0 fully saturated rings. The summed E-state index contributed by atoms with van der Waals surface area (Å²) in [5.41, 5.74) is -1.68. The predicted octanol–water partition coefficient (Wildman–Crippen LogP) is 5.17. The van der Waals surface area contributed by atoms with Crippen molar-refractivity contribution in [3.05, 3.63) is 29.8 Å². The maximum Gasteiger partial charge on any atom is 0.453 e. The number of hydrogen-bond acceptors (Lipinski definition) is 2. The third kappa shape index (κ3) is 4.80. The van der Waals surface area contributed by atoms with Gasteiger partial charge in [-0.1, -0.05) is 32.0 Å². The monoisotopic (exact) mass is 340 g/mol. The van der Waals surface area contributed by atoms with Crippen LogP contribution in [-0.2, 0) is 10.3 Å². The van der Waals surface area contributed by atoms with E-state index in [9.17, 15) is 22.0 Å². The van der Waals surface area contributed by atoms with E-state index >= 15 is 0 Å². The lowest BCUT2D eigenvalue weighted by Gasteiger charge is -2.34. The molecule has 0 spiro atoms. The van der Waals surface area contributed by atoms with Gasteiger partial charge < -0.3 is 9.47 Å². The molecule has 0 saturated carbocycles. The zero-order valence-corrected chi connectivity index (χ0v) is 13.5. The van der Waals surface area contributed by atoms with Crippen molar-refractivity contribution in [1.29, 1.82) is 0 Å². The summed E-state index contributed by atoms with van der Waals surface area (Å²) in [6.45, 7) is 5.31. The number of methoxy groups -OCH3 is 1. The molecule has 1 unspecified atom stereocenters. The summed E-state index contributed by atoms with van der Waals surface area (Å²) >= 11 is 0. The molecule has 0 heterocycles. The van der Waals surface area contributed by atoms with Crippen LogP contribution in [0.1, 0.15) is 32.8 Å². The zero-order chi connectivity index (χ0) is 17.9. The van der Waals surface area contributed by atoms with E-state index in [4.69, 9.17) is 9.47 Å². The van der Waals surface area contributed by atoms with Gasteiger partial charge in [0.05, 0.1) is 18.6 Å². The first-order chi connectivity index (χ1) is 10.4. The Labute approximate surface area is 132 Å². The Hall–Kier alpha value is -1.37. The second-order valence-corrected chi connectivity index (χ2v) is 6.01. The first-order valence-electron chi connectivity index (χ1n) is 7.15. The highest BCUT2D eigenvalue weighted by Crippen LogP contribution is 2.46. The van der Waals surface area contributed by atoms with Crippen molar-refractivity contribution in [2.45, 2.75) is 44.9 Å². The molecule has 0 radical (unpaired) electrons. The van der Waals surface area contributed by atoms with Crippen LogP contribution in [0.15, 0.2) is 24.3 Å². The molecule has 0 aliphatic carbocycles. The van der Waals surface area contributed by atoms with E-state index < -0.39 is 24.1 Å². The summed E-state index contributed by atoms with van der Waals surface area (Å²) in [4.78, 5) is 0. The third-order valence-corrected chi connectivity index (χ3v) is 3.45. The van der Waals surface area contributed by atoms with Crippen molar-refractivity contribution in [1.82, 2.24) is 0 Å². The van der Waals surface area contributed by atoms with Crippen molar-refractivity contribution < 1.29 is 31.4 Å². The van der Waals surface area contributed by atoms with Gasteiger partial charge in [0.15, 0.2) is 0 Å². The summed E-state index contributed by atoms with van der Waals surface area (Å²) < 4.78 is 75.2. The van der Waals surface area contributed by atoms with Crippen molar-refractivity contribution in [2.75, 3.05) is 13.7 Å². The van der Waals surface area contributed by atoms with Crippen molar-refractivity contribution >= 4 is 0 Å². The summed E-state index contributed by atoms with van der Waals surface area (Å²) in [5.74, 6) is -4.46. The number of ether oxygens (including phenoxy) is 2. The van der Waals surface area contributed by atoms with Crippen LogP contribution in [0.5, 0.6) is 5.75 Å². The van der Waals surface area contributed by atoms with Crippen molar-refractivity contribution in [2.24, 2.45) is 5.92 Å². The maximum atomic E-state index is 13.5. The van der Waals surface area contributed by atoms with Crippen LogP contribution in [-0.4, -0.2) is 25.8 Å². The minimum atomic E-state index is -5.64. The lowest BCUT2D eigenvalue weighted by Crippen LogP contribution is -2.43. The van der Waals surface area contributed by atoms with Gasteiger partial charge in [-0.15, -0.1) is 0 Å². The molecule has 1 aromatic carbocycles. The Morgan fingerprint density at radius 1 is 1.04 bits per heavy atom. The summed E-state index contributed by atoms with van der Waals surface area (Å²) in [6, 6.07) is 6.13. The van der Waals surface area contributed by atoms with E-state index in [1.54, 1.807) is 12.1 Å². The van der Waals surface area contributed by atoms with Crippen molar-refractivity contribution in [3.63, 3.8) is 0 Å². The molecule has 23 heavy (non-hydrogen) atoms. The van der Waals surface area contributed by atoms with Crippen LogP contribution in [0.2, 0.25) is 0 Å². The van der Waals surface area contributed by atoms with Crippen LogP contribution in [0.3, 0.4) is 0 Å². The fraction of sp³-hybridized carbons (Fsp3) is 0.625. The second-order valence-electron chi connectivity index (χ2n) is 6.01. The smallest absolute Gasteiger partial charge is 0.453 e. The van der Waals surface area contributed by atoms with Gasteiger partial charge in [-0.3, -0.25) is 0 Å². The van der Waals surface area contributed by atoms with Crippen LogP contribution < -0.4 is 4.74 Å². The highest BCUT2D eigenvalue weighted by Gasteiger charge is 2.60. The van der Waals surface area contributed by atoms with E-state index in [-0.39, 0.29) is 17.2 Å². The molecule has 0 amide bonds. The highest BCUT2D eigenvalue weighted by atomic mass is 19.4. The number of benzene rings is 1. The van der Waals surface area contributed by atoms with E-state index in [1.807, 2.05) is 13.8 Å². The zero-order valence-electron chi connectivity index (χ0n) is 13.5. The molecular formula is C16H21F5O2. The molecule has 0 aliphatic rings. The highest BCUT2D eigenvalue weighted by molar-refractivity contribution is 5.38. The number of para-hydroxylation sites is 1. The van der Waals surface area contributed by atoms with Gasteiger partial charge in [0.25, 0.3) is 0 Å². The van der Waals surface area contributed by atoms with Crippen LogP contribution in [0.25, 0.3) is 0 Å². The molecule has 1 rings (SSSR count). The van der Waals surface area contributed by atoms with E-state index in [0.29, 0.717) is 6.61 Å². The Bertz CT molecular complexity index is 513. The summed E-state index contributed by atoms with van der Waals surface area (Å²) in [6.07, 6.45) is -7.16. The molecule has 7 heteroatoms. The van der Waals surface area contributed by atoms with Gasteiger partial charge in [0.1, 0.15) is 5.75 Å². The van der Waals surface area contributed by atoms with Gasteiger partial charge >= 0.3 is 12.1 Å². The van der Waals surface area contributed by atoms with Gasteiger partial charge in [0, 0.05) is 12.7 Å². The van der Waals surface area contributed by atoms with E-state index in [1.165, 1.54) is 19.1 Å². The fourth-order valence-electron chi connectivity index (χ4n) is 2.09. The average Bonchev–Trinajstić information content (AvgIpc) is 2.43. The van der Waals surface area contributed by atoms with Crippen LogP contribution in [0, 0.1) is 5.92 Å². The van der Waals surface area contributed by atoms with Crippen LogP contribution in [0.4, 0.5) is 22.0 Å². The first kappa shape index (κ1) is 19.7. The molecule has 0 aromatic heterocycles. The Kier molecular flexibility index (Phi) is 6.01. The topological polar surface area (TPSA) is 18.5 Å². The normalized spacial score (nSPS) is 15.6. The lowest BCUT2D eigenvalue weighted by atomic mass is 9.88. The second kappa shape index (κ2) is 7.03. The lowest BCUT2D eigenvalue weighted by molar-refractivity contribution is -0.298. The molecule has 1 atom stereocenters. The van der Waals surface area contributed by atoms with Gasteiger partial charge in [-0.2, -0.15) is 22.0 Å². The summed E-state index contributed by atoms with van der Waals surface area (Å²) in [7, 11) is 1.10. The molecule has 132 valence electrons. The van der Waals surface area contributed by atoms with Gasteiger partial charge in [-0.05, 0) is 18.9 Å². The predicted molar refractivity (Wildman–Crippen MR) is 76.8 cm³/mol. The quantitative estimate of drug-likeness (QED) is 0.638. The Morgan fingerprint density at radius 3 is 2.09 bits per heavy atom. The SMILES string of the molecule is COC(C)(CC(F)(F)C(F)(F)F)c1ccccc1OCC(C)C. The fourth-order valence-corrected chi connectivity index (χ4v) is 2.09. The maximum absolute atomic E-state index is 13.5. The molecule has 0 aliphatic heterocycles. The summed E-state index contributed by atoms with van der Waals surface area (Å²) in [5, 5.41) is 0. The number of alkyl halides is 5. The minimum absolute atomic E-state index is 0.159. The molecule has 2 nitrogen and oxygen atoms in total. The van der Waals surface area contributed by atoms with E-state index in [0.717, 1.165) is 7.11 Å².